The summed E-state index contributed by atoms with van der Waals surface area (Å²) in [5.41, 5.74) is 1.10. The van der Waals surface area contributed by atoms with Gasteiger partial charge in [-0.2, -0.15) is 0 Å². The number of aliphatic imine (C=N–C) groups is 1. The van der Waals surface area contributed by atoms with Crippen molar-refractivity contribution in [3.63, 3.8) is 0 Å². The largest absolute Gasteiger partial charge is 0.381 e. The van der Waals surface area contributed by atoms with E-state index in [1.165, 1.54) is 12.1 Å². The zero-order valence-electron chi connectivity index (χ0n) is 16.4. The lowest BCUT2D eigenvalue weighted by molar-refractivity contribution is 0.108. The second-order valence-corrected chi connectivity index (χ2v) is 6.61. The number of guanidine groups is 1. The lowest BCUT2D eigenvalue weighted by Gasteiger charge is -2.18. The van der Waals surface area contributed by atoms with E-state index in [-0.39, 0.29) is 29.8 Å². The Morgan fingerprint density at radius 1 is 1.19 bits per heavy atom. The topological polar surface area (TPSA) is 48.9 Å². The molecule has 0 aliphatic carbocycles. The average molecular weight is 480 g/mol. The van der Waals surface area contributed by atoms with E-state index in [2.05, 4.69) is 34.4 Å². The molecule has 0 saturated carbocycles. The Balaban J connectivity index is 0.00000625. The molecule has 0 bridgehead atoms. The summed E-state index contributed by atoms with van der Waals surface area (Å²) >= 11 is 0. The van der Waals surface area contributed by atoms with Crippen molar-refractivity contribution in [3.8, 4) is 0 Å². The number of hydrogen-bond donors (Lipinski definition) is 2. The maximum atomic E-state index is 12.9. The van der Waals surface area contributed by atoms with Gasteiger partial charge < -0.3 is 20.3 Å². The van der Waals surface area contributed by atoms with Crippen molar-refractivity contribution in [2.24, 2.45) is 10.9 Å². The first kappa shape index (κ1) is 25.1. The molecule has 2 N–H and O–H groups in total. The fourth-order valence-corrected chi connectivity index (χ4v) is 2.27. The summed E-state index contributed by atoms with van der Waals surface area (Å²) in [5, 5.41) is 6.59. The van der Waals surface area contributed by atoms with E-state index in [9.17, 15) is 4.39 Å². The van der Waals surface area contributed by atoms with Crippen molar-refractivity contribution in [2.75, 3.05) is 46.9 Å². The number of likely N-dealkylation sites (N-methyl/N-ethyl adjacent to an activating group) is 1. The number of benzene rings is 1. The molecule has 1 aromatic carbocycles. The van der Waals surface area contributed by atoms with Crippen LogP contribution in [0.15, 0.2) is 29.3 Å². The van der Waals surface area contributed by atoms with Crippen LogP contribution in [0.5, 0.6) is 0 Å². The van der Waals surface area contributed by atoms with Crippen molar-refractivity contribution >= 4 is 29.9 Å². The molecule has 0 amide bonds. The predicted molar refractivity (Wildman–Crippen MR) is 118 cm³/mol. The van der Waals surface area contributed by atoms with Crippen molar-refractivity contribution < 1.29 is 9.13 Å². The van der Waals surface area contributed by atoms with Crippen molar-refractivity contribution in [1.82, 2.24) is 15.5 Å². The quantitative estimate of drug-likeness (QED) is 0.221. The van der Waals surface area contributed by atoms with Crippen LogP contribution in [-0.4, -0.2) is 57.8 Å². The van der Waals surface area contributed by atoms with Gasteiger partial charge >= 0.3 is 0 Å². The van der Waals surface area contributed by atoms with Gasteiger partial charge in [-0.1, -0.05) is 26.0 Å². The molecule has 7 heteroatoms. The van der Waals surface area contributed by atoms with Crippen LogP contribution in [0.4, 0.5) is 4.39 Å². The monoisotopic (exact) mass is 480 g/mol. The molecule has 150 valence electrons. The van der Waals surface area contributed by atoms with E-state index < -0.39 is 0 Å². The summed E-state index contributed by atoms with van der Waals surface area (Å²) in [7, 11) is 3.82. The third-order valence-electron chi connectivity index (χ3n) is 3.58. The van der Waals surface area contributed by atoms with E-state index >= 15 is 0 Å². The summed E-state index contributed by atoms with van der Waals surface area (Å²) in [6.07, 6.45) is 0.956. The molecule has 26 heavy (non-hydrogen) atoms. The van der Waals surface area contributed by atoms with E-state index in [1.54, 1.807) is 7.05 Å². The smallest absolute Gasteiger partial charge is 0.191 e. The maximum Gasteiger partial charge on any atom is 0.191 e. The van der Waals surface area contributed by atoms with Crippen LogP contribution >= 0.6 is 24.0 Å². The normalized spacial score (nSPS) is 11.6. The van der Waals surface area contributed by atoms with Crippen LogP contribution in [0.3, 0.4) is 0 Å². The van der Waals surface area contributed by atoms with Crippen LogP contribution in [0.1, 0.15) is 25.8 Å². The Hall–Kier alpha value is -0.930. The highest BCUT2D eigenvalue weighted by molar-refractivity contribution is 14.0. The molecule has 0 aromatic heterocycles. The molecule has 0 unspecified atom stereocenters. The number of nitrogens with one attached hydrogen (secondary N) is 2. The SMILES string of the molecule is CN=C(NCCCOCC(C)C)NCCN(C)Cc1ccc(F)cc1.I. The van der Waals surface area contributed by atoms with Gasteiger partial charge in [-0.05, 0) is 37.1 Å². The second-order valence-electron chi connectivity index (χ2n) is 6.61. The van der Waals surface area contributed by atoms with Gasteiger partial charge in [0.15, 0.2) is 5.96 Å². The van der Waals surface area contributed by atoms with Gasteiger partial charge in [-0.25, -0.2) is 4.39 Å². The van der Waals surface area contributed by atoms with Gasteiger partial charge in [0.2, 0.25) is 0 Å². The number of ether oxygens (including phenoxy) is 1. The average Bonchev–Trinajstić information content (AvgIpc) is 2.58. The Morgan fingerprint density at radius 2 is 1.85 bits per heavy atom. The van der Waals surface area contributed by atoms with E-state index in [4.69, 9.17) is 4.74 Å². The van der Waals surface area contributed by atoms with E-state index in [1.807, 2.05) is 19.2 Å². The molecule has 0 aliphatic rings. The van der Waals surface area contributed by atoms with Crippen molar-refractivity contribution in [1.29, 1.82) is 0 Å². The third-order valence-corrected chi connectivity index (χ3v) is 3.58. The molecule has 1 aromatic rings. The number of halogens is 2. The number of hydrogen-bond acceptors (Lipinski definition) is 3. The molecule has 5 nitrogen and oxygen atoms in total. The summed E-state index contributed by atoms with van der Waals surface area (Å²) in [5.74, 6) is 1.19. The summed E-state index contributed by atoms with van der Waals surface area (Å²) in [4.78, 5) is 6.41. The first-order valence-corrected chi connectivity index (χ1v) is 8.96. The molecule has 0 radical (unpaired) electrons. The first-order valence-electron chi connectivity index (χ1n) is 8.96. The zero-order valence-corrected chi connectivity index (χ0v) is 18.8. The van der Waals surface area contributed by atoms with Crippen LogP contribution < -0.4 is 10.6 Å². The zero-order chi connectivity index (χ0) is 18.5. The fraction of sp³-hybridized carbons (Fsp3) is 0.632. The van der Waals surface area contributed by atoms with Crippen LogP contribution in [0.2, 0.25) is 0 Å². The van der Waals surface area contributed by atoms with Gasteiger partial charge in [0.1, 0.15) is 5.82 Å². The Labute approximate surface area is 174 Å². The lowest BCUT2D eigenvalue weighted by Crippen LogP contribution is -2.41. The van der Waals surface area contributed by atoms with Crippen LogP contribution in [0, 0.1) is 11.7 Å². The molecule has 0 fully saturated rings. The van der Waals surface area contributed by atoms with Gasteiger partial charge in [-0.15, -0.1) is 24.0 Å². The summed E-state index contributed by atoms with van der Waals surface area (Å²) in [6.45, 7) is 9.17. The molecule has 0 saturated heterocycles. The number of nitrogens with zero attached hydrogens (tertiary/aromatic N) is 2. The van der Waals surface area contributed by atoms with Gasteiger partial charge in [0, 0.05) is 46.4 Å². The number of rotatable bonds is 11. The molecule has 0 atom stereocenters. The van der Waals surface area contributed by atoms with Crippen LogP contribution in [-0.2, 0) is 11.3 Å². The highest BCUT2D eigenvalue weighted by Gasteiger charge is 2.02. The standard InChI is InChI=1S/C19H33FN4O.HI/c1-16(2)15-25-13-5-10-22-19(21-3)23-11-12-24(4)14-17-6-8-18(20)9-7-17;/h6-9,16H,5,10-15H2,1-4H3,(H2,21,22,23);1H. The Morgan fingerprint density at radius 3 is 2.46 bits per heavy atom. The van der Waals surface area contributed by atoms with E-state index in [0.717, 1.165) is 57.3 Å². The van der Waals surface area contributed by atoms with Crippen molar-refractivity contribution in [2.45, 2.75) is 26.8 Å². The van der Waals surface area contributed by atoms with Crippen LogP contribution in [0.25, 0.3) is 0 Å². The predicted octanol–water partition coefficient (Wildman–Crippen LogP) is 3.10. The van der Waals surface area contributed by atoms with Gasteiger partial charge in [-0.3, -0.25) is 4.99 Å². The Kier molecular flexibility index (Phi) is 14.6. The lowest BCUT2D eigenvalue weighted by atomic mass is 10.2. The minimum atomic E-state index is -0.197. The third kappa shape index (κ3) is 12.4. The van der Waals surface area contributed by atoms with Gasteiger partial charge in [0.05, 0.1) is 0 Å². The fourth-order valence-electron chi connectivity index (χ4n) is 2.27. The highest BCUT2D eigenvalue weighted by atomic mass is 127. The molecule has 1 rings (SSSR count). The molecular weight excluding hydrogens is 446 g/mol. The highest BCUT2D eigenvalue weighted by Crippen LogP contribution is 2.04. The minimum Gasteiger partial charge on any atom is -0.381 e. The molecule has 0 aliphatic heterocycles. The second kappa shape index (κ2) is 15.2. The maximum absolute atomic E-state index is 12.9. The molecular formula is C19H34FIN4O. The minimum absolute atomic E-state index is 0. The summed E-state index contributed by atoms with van der Waals surface area (Å²) < 4.78 is 18.5. The van der Waals surface area contributed by atoms with Crippen molar-refractivity contribution in [3.05, 3.63) is 35.6 Å². The molecule has 0 spiro atoms. The summed E-state index contributed by atoms with van der Waals surface area (Å²) in [6, 6.07) is 6.64. The molecule has 0 heterocycles. The van der Waals surface area contributed by atoms with E-state index in [0.29, 0.717) is 5.92 Å². The Bertz CT molecular complexity index is 497. The first-order chi connectivity index (χ1) is 12.0. The van der Waals surface area contributed by atoms with Gasteiger partial charge in [0.25, 0.3) is 0 Å².